The molecule has 0 aliphatic rings. The maximum absolute atomic E-state index is 13.7. The molecule has 0 fully saturated rings. The van der Waals surface area contributed by atoms with Crippen LogP contribution in [0, 0.1) is 5.82 Å². The zero-order valence-corrected chi connectivity index (χ0v) is 14.9. The van der Waals surface area contributed by atoms with E-state index in [0.717, 1.165) is 42.9 Å². The van der Waals surface area contributed by atoms with Crippen molar-refractivity contribution >= 4 is 16.1 Å². The van der Waals surface area contributed by atoms with Gasteiger partial charge in [-0.05, 0) is 30.0 Å². The Kier molecular flexibility index (Phi) is 6.16. The monoisotopic (exact) mass is 404 g/mol. The first-order valence-electron chi connectivity index (χ1n) is 7.65. The molecular formula is C16H16F4N4O2S. The molecule has 0 radical (unpaired) electrons. The summed E-state index contributed by atoms with van der Waals surface area (Å²) in [5.41, 5.74) is 4.77. The van der Waals surface area contributed by atoms with Crippen molar-refractivity contribution in [2.75, 3.05) is 6.54 Å². The summed E-state index contributed by atoms with van der Waals surface area (Å²) < 4.78 is 80.0. The normalized spacial score (nSPS) is 14.0. The highest BCUT2D eigenvalue weighted by atomic mass is 32.2. The van der Waals surface area contributed by atoms with Crippen molar-refractivity contribution in [1.29, 1.82) is 0 Å². The lowest BCUT2D eigenvalue weighted by atomic mass is 10.1. The first-order valence-corrected chi connectivity index (χ1v) is 9.09. The predicted octanol–water partition coefficient (Wildman–Crippen LogP) is 2.86. The molecule has 0 aliphatic heterocycles. The molecule has 0 unspecified atom stereocenters. The van der Waals surface area contributed by atoms with Crippen molar-refractivity contribution < 1.29 is 26.0 Å². The third-order valence-corrected chi connectivity index (χ3v) is 5.49. The summed E-state index contributed by atoms with van der Waals surface area (Å²) >= 11 is 0. The van der Waals surface area contributed by atoms with Crippen molar-refractivity contribution in [3.63, 3.8) is 0 Å². The molecule has 146 valence electrons. The Morgan fingerprint density at radius 1 is 1.19 bits per heavy atom. The van der Waals surface area contributed by atoms with Gasteiger partial charge in [0.25, 0.3) is 0 Å². The molecule has 1 aromatic heterocycles. The minimum absolute atomic E-state index is 0.102. The standard InChI is InChI=1S/C16H16F4N4O2S/c1-2-24(15(16(18,19)20)11-3-5-12(17)6-4-11)27(25,26)13-9-22-14(7-8-21)23-10-13/h3-10,15H,2,21H2,1H3/t15-/m1/s1. The smallest absolute Gasteiger partial charge is 0.404 e. The van der Waals surface area contributed by atoms with E-state index in [-0.39, 0.29) is 10.1 Å². The predicted molar refractivity (Wildman–Crippen MR) is 90.0 cm³/mol. The van der Waals surface area contributed by atoms with Crippen LogP contribution in [0.2, 0.25) is 0 Å². The van der Waals surface area contributed by atoms with Gasteiger partial charge in [-0.25, -0.2) is 22.8 Å². The summed E-state index contributed by atoms with van der Waals surface area (Å²) in [4.78, 5) is 6.98. The van der Waals surface area contributed by atoms with Gasteiger partial charge in [-0.2, -0.15) is 17.5 Å². The number of hydrogen-bond donors (Lipinski definition) is 1. The van der Waals surface area contributed by atoms with Crippen LogP contribution in [0.15, 0.2) is 47.8 Å². The number of rotatable bonds is 6. The van der Waals surface area contributed by atoms with Crippen LogP contribution in [0.5, 0.6) is 0 Å². The Bertz CT molecular complexity index is 898. The van der Waals surface area contributed by atoms with Crippen LogP contribution in [0.25, 0.3) is 6.08 Å². The number of nitrogens with zero attached hydrogens (tertiary/aromatic N) is 3. The zero-order chi connectivity index (χ0) is 20.2. The molecule has 0 spiro atoms. The van der Waals surface area contributed by atoms with E-state index in [9.17, 15) is 26.0 Å². The van der Waals surface area contributed by atoms with Crippen molar-refractivity contribution in [3.8, 4) is 0 Å². The minimum atomic E-state index is -4.93. The van der Waals surface area contributed by atoms with E-state index in [1.165, 1.54) is 13.0 Å². The van der Waals surface area contributed by atoms with E-state index < -0.39 is 45.1 Å². The number of nitrogens with two attached hydrogens (primary N) is 1. The highest BCUT2D eigenvalue weighted by Gasteiger charge is 2.48. The molecule has 11 heteroatoms. The molecule has 2 aromatic rings. The van der Waals surface area contributed by atoms with Crippen molar-refractivity contribution in [1.82, 2.24) is 14.3 Å². The summed E-state index contributed by atoms with van der Waals surface area (Å²) in [6, 6.07) is 0.989. The highest BCUT2D eigenvalue weighted by molar-refractivity contribution is 7.89. The topological polar surface area (TPSA) is 89.2 Å². The fraction of sp³-hybridized carbons (Fsp3) is 0.250. The molecule has 2 N–H and O–H groups in total. The van der Waals surface area contributed by atoms with E-state index >= 15 is 0 Å². The number of hydrogen-bond acceptors (Lipinski definition) is 5. The lowest BCUT2D eigenvalue weighted by molar-refractivity contribution is -0.173. The fourth-order valence-electron chi connectivity index (χ4n) is 2.42. The molecule has 0 bridgehead atoms. The Morgan fingerprint density at radius 2 is 1.74 bits per heavy atom. The molecule has 1 heterocycles. The van der Waals surface area contributed by atoms with E-state index in [2.05, 4.69) is 9.97 Å². The molecule has 27 heavy (non-hydrogen) atoms. The first-order chi connectivity index (χ1) is 12.6. The molecule has 0 amide bonds. The highest BCUT2D eigenvalue weighted by Crippen LogP contribution is 2.40. The Balaban J connectivity index is 2.53. The van der Waals surface area contributed by atoms with Gasteiger partial charge in [-0.15, -0.1) is 0 Å². The van der Waals surface area contributed by atoms with Crippen LogP contribution >= 0.6 is 0 Å². The largest absolute Gasteiger partial charge is 0.409 e. The van der Waals surface area contributed by atoms with Crippen molar-refractivity contribution in [2.45, 2.75) is 24.0 Å². The second-order valence-electron chi connectivity index (χ2n) is 5.34. The van der Waals surface area contributed by atoms with Gasteiger partial charge in [0.05, 0.1) is 12.4 Å². The van der Waals surface area contributed by atoms with Crippen molar-refractivity contribution in [2.24, 2.45) is 5.73 Å². The number of alkyl halides is 3. The van der Waals surface area contributed by atoms with Gasteiger partial charge in [0, 0.05) is 6.54 Å². The van der Waals surface area contributed by atoms with Gasteiger partial charge in [0.15, 0.2) is 5.82 Å². The molecule has 2 rings (SSSR count). The average molecular weight is 404 g/mol. The number of halogens is 4. The van der Waals surface area contributed by atoms with Gasteiger partial charge < -0.3 is 5.73 Å². The van der Waals surface area contributed by atoms with E-state index in [4.69, 9.17) is 5.73 Å². The molecule has 6 nitrogen and oxygen atoms in total. The number of benzene rings is 1. The van der Waals surface area contributed by atoms with Crippen LogP contribution in [-0.4, -0.2) is 35.4 Å². The zero-order valence-electron chi connectivity index (χ0n) is 14.1. The number of aromatic nitrogens is 2. The summed E-state index contributed by atoms with van der Waals surface area (Å²) in [5.74, 6) is -0.632. The van der Waals surface area contributed by atoms with Crippen LogP contribution in [-0.2, 0) is 10.0 Å². The van der Waals surface area contributed by atoms with Gasteiger partial charge >= 0.3 is 6.18 Å². The molecule has 0 saturated carbocycles. The Morgan fingerprint density at radius 3 is 2.19 bits per heavy atom. The fourth-order valence-corrected chi connectivity index (χ4v) is 3.92. The van der Waals surface area contributed by atoms with Gasteiger partial charge in [-0.3, -0.25) is 0 Å². The lowest BCUT2D eigenvalue weighted by Gasteiger charge is -2.31. The maximum atomic E-state index is 13.7. The van der Waals surface area contributed by atoms with Crippen molar-refractivity contribution in [3.05, 3.63) is 60.1 Å². The van der Waals surface area contributed by atoms with Gasteiger partial charge in [0.1, 0.15) is 16.8 Å². The summed E-state index contributed by atoms with van der Waals surface area (Å²) in [5, 5.41) is 0. The molecule has 1 atom stereocenters. The second-order valence-corrected chi connectivity index (χ2v) is 7.23. The Hall–Kier alpha value is -2.53. The lowest BCUT2D eigenvalue weighted by Crippen LogP contribution is -2.42. The van der Waals surface area contributed by atoms with E-state index in [0.29, 0.717) is 0 Å². The molecule has 1 aromatic carbocycles. The minimum Gasteiger partial charge on any atom is -0.404 e. The van der Waals surface area contributed by atoms with E-state index in [1.54, 1.807) is 0 Å². The maximum Gasteiger partial charge on any atom is 0.409 e. The third kappa shape index (κ3) is 4.61. The number of sulfonamides is 1. The Labute approximate surface area is 153 Å². The summed E-state index contributed by atoms with van der Waals surface area (Å²) in [6.45, 7) is 0.792. The van der Waals surface area contributed by atoms with Crippen LogP contribution in [0.1, 0.15) is 24.4 Å². The molecule has 0 saturated heterocycles. The average Bonchev–Trinajstić information content (AvgIpc) is 2.60. The second kappa shape index (κ2) is 8.01. The SMILES string of the molecule is CCN([C@H](c1ccc(F)cc1)C(F)(F)F)S(=O)(=O)c1cnc(C=CN)nc1. The summed E-state index contributed by atoms with van der Waals surface area (Å²) in [7, 11) is -4.58. The van der Waals surface area contributed by atoms with Crippen LogP contribution < -0.4 is 5.73 Å². The third-order valence-electron chi connectivity index (χ3n) is 3.60. The molecular weight excluding hydrogens is 388 g/mol. The van der Waals surface area contributed by atoms with E-state index in [1.807, 2.05) is 0 Å². The molecule has 0 aliphatic carbocycles. The summed E-state index contributed by atoms with van der Waals surface area (Å²) in [6.07, 6.45) is -0.693. The van der Waals surface area contributed by atoms with Gasteiger partial charge in [0.2, 0.25) is 10.0 Å². The first kappa shape index (κ1) is 20.8. The van der Waals surface area contributed by atoms with Crippen LogP contribution in [0.3, 0.4) is 0 Å². The van der Waals surface area contributed by atoms with Gasteiger partial charge in [-0.1, -0.05) is 19.1 Å². The van der Waals surface area contributed by atoms with Crippen LogP contribution in [0.4, 0.5) is 17.6 Å². The quantitative estimate of drug-likeness (QED) is 0.748.